The lowest BCUT2D eigenvalue weighted by atomic mass is 9.89. The maximum absolute atomic E-state index is 10.6. The van der Waals surface area contributed by atoms with Crippen molar-refractivity contribution in [3.05, 3.63) is 70.2 Å². The number of aryl methyl sites for hydroxylation is 1. The summed E-state index contributed by atoms with van der Waals surface area (Å²) in [4.78, 5) is 0. The van der Waals surface area contributed by atoms with Crippen LogP contribution in [0, 0.1) is 6.92 Å². The zero-order valence-corrected chi connectivity index (χ0v) is 11.4. The second kappa shape index (κ2) is 5.13. The molecule has 1 nitrogen and oxygen atoms in total. The van der Waals surface area contributed by atoms with Crippen LogP contribution < -0.4 is 0 Å². The standard InChI is InChI=1S/C16H17ClO/c1-12-7-9-13(10-8-12)11-16(2,18)14-5-3-4-6-15(14)17/h3-10,18H,11H2,1-2H3. The fourth-order valence-corrected chi connectivity index (χ4v) is 2.44. The lowest BCUT2D eigenvalue weighted by Gasteiger charge is -2.25. The zero-order valence-electron chi connectivity index (χ0n) is 10.7. The van der Waals surface area contributed by atoms with Gasteiger partial charge >= 0.3 is 0 Å². The normalized spacial score (nSPS) is 14.2. The molecule has 18 heavy (non-hydrogen) atoms. The van der Waals surface area contributed by atoms with Crippen LogP contribution in [0.5, 0.6) is 0 Å². The molecule has 0 saturated heterocycles. The van der Waals surface area contributed by atoms with E-state index in [2.05, 4.69) is 19.1 Å². The summed E-state index contributed by atoms with van der Waals surface area (Å²) in [6.45, 7) is 3.85. The molecule has 0 aromatic heterocycles. The Morgan fingerprint density at radius 3 is 2.28 bits per heavy atom. The second-order valence-electron chi connectivity index (χ2n) is 4.92. The van der Waals surface area contributed by atoms with Gasteiger partial charge in [0.1, 0.15) is 0 Å². The first-order valence-corrected chi connectivity index (χ1v) is 6.40. The zero-order chi connectivity index (χ0) is 13.2. The Labute approximate surface area is 113 Å². The Bertz CT molecular complexity index is 529. The van der Waals surface area contributed by atoms with E-state index in [9.17, 15) is 5.11 Å². The van der Waals surface area contributed by atoms with Gasteiger partial charge in [0, 0.05) is 17.0 Å². The van der Waals surface area contributed by atoms with Gasteiger partial charge in [-0.25, -0.2) is 0 Å². The van der Waals surface area contributed by atoms with Gasteiger partial charge in [0.25, 0.3) is 0 Å². The van der Waals surface area contributed by atoms with Gasteiger partial charge in [0.2, 0.25) is 0 Å². The van der Waals surface area contributed by atoms with E-state index in [-0.39, 0.29) is 0 Å². The van der Waals surface area contributed by atoms with Crippen LogP contribution in [0.15, 0.2) is 48.5 Å². The Kier molecular flexibility index (Phi) is 3.74. The molecule has 0 heterocycles. The quantitative estimate of drug-likeness (QED) is 0.881. The van der Waals surface area contributed by atoms with E-state index in [1.165, 1.54) is 5.56 Å². The first-order chi connectivity index (χ1) is 8.49. The average molecular weight is 261 g/mol. The second-order valence-corrected chi connectivity index (χ2v) is 5.32. The summed E-state index contributed by atoms with van der Waals surface area (Å²) in [5.41, 5.74) is 2.14. The molecule has 0 aliphatic rings. The summed E-state index contributed by atoms with van der Waals surface area (Å²) in [5.74, 6) is 0. The third kappa shape index (κ3) is 2.92. The molecule has 0 spiro atoms. The van der Waals surface area contributed by atoms with Crippen LogP contribution in [-0.2, 0) is 12.0 Å². The number of benzene rings is 2. The van der Waals surface area contributed by atoms with Crippen LogP contribution in [0.3, 0.4) is 0 Å². The van der Waals surface area contributed by atoms with E-state index in [0.717, 1.165) is 11.1 Å². The van der Waals surface area contributed by atoms with Gasteiger partial charge in [0.15, 0.2) is 0 Å². The van der Waals surface area contributed by atoms with E-state index in [1.807, 2.05) is 30.3 Å². The SMILES string of the molecule is Cc1ccc(CC(C)(O)c2ccccc2Cl)cc1. The Balaban J connectivity index is 2.27. The van der Waals surface area contributed by atoms with Crippen molar-refractivity contribution in [1.82, 2.24) is 0 Å². The topological polar surface area (TPSA) is 20.2 Å². The highest BCUT2D eigenvalue weighted by molar-refractivity contribution is 6.31. The molecule has 1 unspecified atom stereocenters. The summed E-state index contributed by atoms with van der Waals surface area (Å²) in [5, 5.41) is 11.2. The molecule has 2 aromatic carbocycles. The average Bonchev–Trinajstić information content (AvgIpc) is 2.32. The van der Waals surface area contributed by atoms with Crippen LogP contribution >= 0.6 is 11.6 Å². The molecule has 1 N–H and O–H groups in total. The molecule has 2 aromatic rings. The maximum atomic E-state index is 10.6. The molecule has 0 bridgehead atoms. The number of hydrogen-bond donors (Lipinski definition) is 1. The minimum absolute atomic E-state index is 0.553. The van der Waals surface area contributed by atoms with Crippen LogP contribution in [0.2, 0.25) is 5.02 Å². The lowest BCUT2D eigenvalue weighted by Crippen LogP contribution is -2.24. The molecule has 0 aliphatic heterocycles. The minimum atomic E-state index is -0.951. The van der Waals surface area contributed by atoms with E-state index >= 15 is 0 Å². The summed E-state index contributed by atoms with van der Waals surface area (Å²) < 4.78 is 0. The van der Waals surface area contributed by atoms with Crippen molar-refractivity contribution in [2.45, 2.75) is 25.9 Å². The van der Waals surface area contributed by atoms with Crippen LogP contribution in [0.4, 0.5) is 0 Å². The van der Waals surface area contributed by atoms with Crippen molar-refractivity contribution in [3.8, 4) is 0 Å². The fourth-order valence-electron chi connectivity index (χ4n) is 2.10. The van der Waals surface area contributed by atoms with Gasteiger partial charge in [0.05, 0.1) is 5.60 Å². The van der Waals surface area contributed by atoms with Crippen LogP contribution in [-0.4, -0.2) is 5.11 Å². The van der Waals surface area contributed by atoms with Gasteiger partial charge in [-0.3, -0.25) is 0 Å². The number of halogens is 1. The van der Waals surface area contributed by atoms with Crippen LogP contribution in [0.25, 0.3) is 0 Å². The summed E-state index contributed by atoms with van der Waals surface area (Å²) in [7, 11) is 0. The molecule has 0 saturated carbocycles. The molecule has 1 atom stereocenters. The largest absolute Gasteiger partial charge is 0.385 e. The predicted octanol–water partition coefficient (Wildman–Crippen LogP) is 4.10. The van der Waals surface area contributed by atoms with Crippen molar-refractivity contribution in [2.24, 2.45) is 0 Å². The van der Waals surface area contributed by atoms with E-state index in [1.54, 1.807) is 13.0 Å². The van der Waals surface area contributed by atoms with Crippen LogP contribution in [0.1, 0.15) is 23.6 Å². The molecule has 0 aliphatic carbocycles. The number of hydrogen-bond acceptors (Lipinski definition) is 1. The van der Waals surface area contributed by atoms with Gasteiger partial charge in [-0.15, -0.1) is 0 Å². The highest BCUT2D eigenvalue weighted by Gasteiger charge is 2.25. The molecule has 94 valence electrons. The van der Waals surface area contributed by atoms with E-state index in [4.69, 9.17) is 11.6 Å². The maximum Gasteiger partial charge on any atom is 0.0923 e. The monoisotopic (exact) mass is 260 g/mol. The first kappa shape index (κ1) is 13.1. The van der Waals surface area contributed by atoms with Crippen molar-refractivity contribution < 1.29 is 5.11 Å². The molecular weight excluding hydrogens is 244 g/mol. The minimum Gasteiger partial charge on any atom is -0.385 e. The van der Waals surface area contributed by atoms with Gasteiger partial charge in [-0.05, 0) is 25.5 Å². The summed E-state index contributed by atoms with van der Waals surface area (Å²) in [6, 6.07) is 15.6. The van der Waals surface area contributed by atoms with Crippen molar-refractivity contribution in [3.63, 3.8) is 0 Å². The molecule has 0 amide bonds. The highest BCUT2D eigenvalue weighted by atomic mass is 35.5. The summed E-state index contributed by atoms with van der Waals surface area (Å²) in [6.07, 6.45) is 0.553. The Hall–Kier alpha value is -1.31. The smallest absolute Gasteiger partial charge is 0.0923 e. The van der Waals surface area contributed by atoms with Gasteiger partial charge < -0.3 is 5.11 Å². The van der Waals surface area contributed by atoms with Crippen molar-refractivity contribution in [2.75, 3.05) is 0 Å². The third-order valence-corrected chi connectivity index (χ3v) is 3.45. The van der Waals surface area contributed by atoms with Gasteiger partial charge in [-0.2, -0.15) is 0 Å². The lowest BCUT2D eigenvalue weighted by molar-refractivity contribution is 0.0577. The van der Waals surface area contributed by atoms with Crippen molar-refractivity contribution in [1.29, 1.82) is 0 Å². The highest BCUT2D eigenvalue weighted by Crippen LogP contribution is 2.30. The number of aliphatic hydroxyl groups is 1. The summed E-state index contributed by atoms with van der Waals surface area (Å²) >= 11 is 6.14. The fraction of sp³-hybridized carbons (Fsp3) is 0.250. The predicted molar refractivity (Wildman–Crippen MR) is 75.9 cm³/mol. The van der Waals surface area contributed by atoms with E-state index < -0.39 is 5.60 Å². The van der Waals surface area contributed by atoms with E-state index in [0.29, 0.717) is 11.4 Å². The molecular formula is C16H17ClO. The Morgan fingerprint density at radius 1 is 1.06 bits per heavy atom. The Morgan fingerprint density at radius 2 is 1.67 bits per heavy atom. The molecule has 0 fully saturated rings. The molecule has 0 radical (unpaired) electrons. The molecule has 2 heteroatoms. The first-order valence-electron chi connectivity index (χ1n) is 6.02. The van der Waals surface area contributed by atoms with Crippen molar-refractivity contribution >= 4 is 11.6 Å². The third-order valence-electron chi connectivity index (χ3n) is 3.12. The van der Waals surface area contributed by atoms with Gasteiger partial charge in [-0.1, -0.05) is 59.6 Å². The molecule has 2 rings (SSSR count). The number of rotatable bonds is 3.